The highest BCUT2D eigenvalue weighted by molar-refractivity contribution is 7.14. The Balaban J connectivity index is 1.63. The van der Waals surface area contributed by atoms with E-state index in [4.69, 9.17) is 4.74 Å². The van der Waals surface area contributed by atoms with Gasteiger partial charge in [-0.25, -0.2) is 13.6 Å². The van der Waals surface area contributed by atoms with E-state index >= 15 is 0 Å². The summed E-state index contributed by atoms with van der Waals surface area (Å²) in [6.07, 6.45) is 3.02. The molecule has 0 unspecified atom stereocenters. The van der Waals surface area contributed by atoms with Gasteiger partial charge in [-0.2, -0.15) is 0 Å². The highest BCUT2D eigenvalue weighted by Crippen LogP contribution is 2.32. The minimum Gasteiger partial charge on any atom is -0.453 e. The van der Waals surface area contributed by atoms with Crippen LogP contribution in [0.5, 0.6) is 0 Å². The predicted octanol–water partition coefficient (Wildman–Crippen LogP) is 4.19. The highest BCUT2D eigenvalue weighted by Gasteiger charge is 2.22. The molecule has 126 valence electrons. The number of esters is 1. The molecule has 0 saturated heterocycles. The van der Waals surface area contributed by atoms with E-state index < -0.39 is 30.0 Å². The van der Waals surface area contributed by atoms with Gasteiger partial charge in [0.25, 0.3) is 0 Å². The van der Waals surface area contributed by atoms with Crippen LogP contribution in [-0.4, -0.2) is 18.4 Å². The lowest BCUT2D eigenvalue weighted by molar-refractivity contribution is 0.0479. The van der Waals surface area contributed by atoms with Crippen LogP contribution in [0.4, 0.5) is 8.78 Å². The number of hydrogen-bond acceptors (Lipinski definition) is 4. The molecule has 1 aromatic carbocycles. The molecule has 6 heteroatoms. The second-order valence-corrected chi connectivity index (χ2v) is 7.17. The topological polar surface area (TPSA) is 43.4 Å². The number of carbonyl (C=O) groups excluding carboxylic acids is 2. The van der Waals surface area contributed by atoms with Crippen molar-refractivity contribution in [3.05, 3.63) is 56.8 Å². The van der Waals surface area contributed by atoms with E-state index in [1.165, 1.54) is 27.8 Å². The number of benzene rings is 1. The van der Waals surface area contributed by atoms with E-state index in [0.29, 0.717) is 10.8 Å². The van der Waals surface area contributed by atoms with Gasteiger partial charge in [0.2, 0.25) is 0 Å². The first-order chi connectivity index (χ1) is 11.4. The summed E-state index contributed by atoms with van der Waals surface area (Å²) >= 11 is 1.40. The molecule has 0 bridgehead atoms. The Hall–Kier alpha value is -2.08. The number of ketones is 1. The lowest BCUT2D eigenvalue weighted by atomic mass is 9.90. The number of fused-ring (bicyclic) bond motifs is 1. The van der Waals surface area contributed by atoms with Crippen LogP contribution in [0.25, 0.3) is 0 Å². The summed E-state index contributed by atoms with van der Waals surface area (Å²) in [5.41, 5.74) is 1.15. The number of rotatable bonds is 4. The van der Waals surface area contributed by atoms with Gasteiger partial charge in [0, 0.05) is 10.4 Å². The highest BCUT2D eigenvalue weighted by atomic mass is 32.1. The van der Waals surface area contributed by atoms with Crippen LogP contribution in [0.1, 0.15) is 43.8 Å². The Kier molecular flexibility index (Phi) is 4.76. The van der Waals surface area contributed by atoms with E-state index in [2.05, 4.69) is 6.92 Å². The molecule has 1 aliphatic rings. The Morgan fingerprint density at radius 1 is 1.25 bits per heavy atom. The molecule has 0 saturated carbocycles. The van der Waals surface area contributed by atoms with Gasteiger partial charge in [-0.05, 0) is 55.0 Å². The summed E-state index contributed by atoms with van der Waals surface area (Å²) in [6, 6.07) is 4.68. The van der Waals surface area contributed by atoms with Gasteiger partial charge in [-0.15, -0.1) is 11.3 Å². The molecule has 1 atom stereocenters. The van der Waals surface area contributed by atoms with Crippen LogP contribution in [-0.2, 0) is 17.6 Å². The van der Waals surface area contributed by atoms with Gasteiger partial charge in [0.15, 0.2) is 24.0 Å². The lowest BCUT2D eigenvalue weighted by Gasteiger charge is -2.16. The largest absolute Gasteiger partial charge is 0.453 e. The quantitative estimate of drug-likeness (QED) is 0.613. The lowest BCUT2D eigenvalue weighted by Crippen LogP contribution is -2.14. The van der Waals surface area contributed by atoms with Gasteiger partial charge in [-0.1, -0.05) is 6.92 Å². The van der Waals surface area contributed by atoms with E-state index in [-0.39, 0.29) is 5.56 Å². The van der Waals surface area contributed by atoms with Crippen LogP contribution in [0.3, 0.4) is 0 Å². The molecule has 1 aliphatic carbocycles. The van der Waals surface area contributed by atoms with Crippen LogP contribution >= 0.6 is 11.3 Å². The van der Waals surface area contributed by atoms with E-state index in [1.54, 1.807) is 0 Å². The molecule has 24 heavy (non-hydrogen) atoms. The van der Waals surface area contributed by atoms with Crippen LogP contribution in [0.15, 0.2) is 24.3 Å². The first-order valence-corrected chi connectivity index (χ1v) is 8.52. The predicted molar refractivity (Wildman–Crippen MR) is 86.5 cm³/mol. The zero-order chi connectivity index (χ0) is 17.3. The smallest absolute Gasteiger partial charge is 0.348 e. The van der Waals surface area contributed by atoms with Crippen molar-refractivity contribution in [1.82, 2.24) is 0 Å². The maximum atomic E-state index is 13.1. The number of hydrogen-bond donors (Lipinski definition) is 0. The van der Waals surface area contributed by atoms with Crippen molar-refractivity contribution in [2.24, 2.45) is 5.92 Å². The number of aryl methyl sites for hydroxylation is 1. The number of ether oxygens (including phenoxy) is 1. The Morgan fingerprint density at radius 3 is 2.79 bits per heavy atom. The van der Waals surface area contributed by atoms with E-state index in [9.17, 15) is 18.4 Å². The molecule has 0 N–H and O–H groups in total. The fraction of sp³-hybridized carbons (Fsp3) is 0.333. The fourth-order valence-corrected chi connectivity index (χ4v) is 3.86. The summed E-state index contributed by atoms with van der Waals surface area (Å²) in [7, 11) is 0. The summed E-state index contributed by atoms with van der Waals surface area (Å²) in [4.78, 5) is 25.7. The molecule has 3 nitrogen and oxygen atoms in total. The average Bonchev–Trinajstić information content (AvgIpc) is 2.98. The van der Waals surface area contributed by atoms with Crippen molar-refractivity contribution in [2.75, 3.05) is 6.61 Å². The van der Waals surface area contributed by atoms with Gasteiger partial charge < -0.3 is 4.74 Å². The van der Waals surface area contributed by atoms with Crippen LogP contribution < -0.4 is 0 Å². The molecule has 0 amide bonds. The zero-order valence-electron chi connectivity index (χ0n) is 13.1. The maximum Gasteiger partial charge on any atom is 0.348 e. The molecule has 1 heterocycles. The normalized spacial score (nSPS) is 16.5. The summed E-state index contributed by atoms with van der Waals surface area (Å²) in [5.74, 6) is -2.66. The number of carbonyl (C=O) groups is 2. The Bertz CT molecular complexity index is 798. The number of Topliss-reactive ketones (excluding diaryl/α,β-unsaturated/α-hetero) is 1. The minimum atomic E-state index is -1.10. The Labute approximate surface area is 142 Å². The minimum absolute atomic E-state index is 0.0269. The second kappa shape index (κ2) is 6.81. The molecule has 0 aliphatic heterocycles. The zero-order valence-corrected chi connectivity index (χ0v) is 13.9. The van der Waals surface area contributed by atoms with Crippen molar-refractivity contribution in [3.8, 4) is 0 Å². The molecule has 0 spiro atoms. The fourth-order valence-electron chi connectivity index (χ4n) is 2.76. The molecule has 3 rings (SSSR count). The van der Waals surface area contributed by atoms with Gasteiger partial charge in [0.05, 0.1) is 0 Å². The van der Waals surface area contributed by atoms with Crippen molar-refractivity contribution >= 4 is 23.1 Å². The van der Waals surface area contributed by atoms with Crippen molar-refractivity contribution in [2.45, 2.75) is 26.2 Å². The molecule has 0 radical (unpaired) electrons. The standard InChI is InChI=1S/C18H16F2O3S/c1-10-2-5-16-12(6-10)8-17(24-16)18(22)23-9-15(21)11-3-4-13(19)14(20)7-11/h3-4,7-8,10H,2,5-6,9H2,1H3/t10-/m0/s1. The molecule has 0 fully saturated rings. The first-order valence-electron chi connectivity index (χ1n) is 7.71. The molecular weight excluding hydrogens is 334 g/mol. The third kappa shape index (κ3) is 3.53. The summed E-state index contributed by atoms with van der Waals surface area (Å²) in [6.45, 7) is 1.68. The second-order valence-electron chi connectivity index (χ2n) is 6.04. The van der Waals surface area contributed by atoms with Gasteiger partial charge >= 0.3 is 5.97 Å². The monoisotopic (exact) mass is 350 g/mol. The van der Waals surface area contributed by atoms with Crippen molar-refractivity contribution < 1.29 is 23.1 Å². The van der Waals surface area contributed by atoms with E-state index in [0.717, 1.165) is 31.4 Å². The molecular formula is C18H16F2O3S. The van der Waals surface area contributed by atoms with Gasteiger partial charge in [-0.3, -0.25) is 4.79 Å². The van der Waals surface area contributed by atoms with Crippen molar-refractivity contribution in [1.29, 1.82) is 0 Å². The van der Waals surface area contributed by atoms with Crippen molar-refractivity contribution in [3.63, 3.8) is 0 Å². The third-order valence-electron chi connectivity index (χ3n) is 4.11. The summed E-state index contributed by atoms with van der Waals surface area (Å²) < 4.78 is 31.0. The average molecular weight is 350 g/mol. The summed E-state index contributed by atoms with van der Waals surface area (Å²) in [5, 5.41) is 0. The number of thiophene rings is 1. The van der Waals surface area contributed by atoms with Gasteiger partial charge in [0.1, 0.15) is 4.88 Å². The first kappa shape index (κ1) is 16.8. The third-order valence-corrected chi connectivity index (χ3v) is 5.32. The van der Waals surface area contributed by atoms with Crippen LogP contribution in [0, 0.1) is 17.6 Å². The molecule has 1 aromatic heterocycles. The maximum absolute atomic E-state index is 13.1. The Morgan fingerprint density at radius 2 is 2.04 bits per heavy atom. The number of halogens is 2. The van der Waals surface area contributed by atoms with E-state index in [1.807, 2.05) is 6.07 Å². The van der Waals surface area contributed by atoms with Crippen LogP contribution in [0.2, 0.25) is 0 Å². The molecule has 2 aromatic rings. The SMILES string of the molecule is C[C@H]1CCc2sc(C(=O)OCC(=O)c3ccc(F)c(F)c3)cc2C1.